The van der Waals surface area contributed by atoms with Crippen LogP contribution >= 0.6 is 15.9 Å². The first kappa shape index (κ1) is 14.6. The molecule has 86 valence electrons. The lowest BCUT2D eigenvalue weighted by molar-refractivity contribution is 0.183. The molecular weight excluding hydrogens is 260 g/mol. The van der Waals surface area contributed by atoms with Crippen molar-refractivity contribution in [3.8, 4) is 0 Å². The van der Waals surface area contributed by atoms with Crippen molar-refractivity contribution in [1.29, 1.82) is 0 Å². The minimum Gasteiger partial charge on any atom is -0.394 e. The SMILES string of the molecule is CCCC[Si](CCBr)(OCC)OCC. The molecule has 0 N–H and O–H groups in total. The third kappa shape index (κ3) is 5.49. The zero-order chi connectivity index (χ0) is 10.9. The van der Waals surface area contributed by atoms with E-state index in [4.69, 9.17) is 8.85 Å². The highest BCUT2D eigenvalue weighted by molar-refractivity contribution is 9.09. The van der Waals surface area contributed by atoms with E-state index in [2.05, 4.69) is 36.7 Å². The van der Waals surface area contributed by atoms with Crippen LogP contribution in [0.5, 0.6) is 0 Å². The predicted octanol–water partition coefficient (Wildman–Crippen LogP) is 3.70. The van der Waals surface area contributed by atoms with Gasteiger partial charge in [-0.1, -0.05) is 35.7 Å². The highest BCUT2D eigenvalue weighted by Gasteiger charge is 2.35. The van der Waals surface area contributed by atoms with Crippen LogP contribution in [0.4, 0.5) is 0 Å². The topological polar surface area (TPSA) is 18.5 Å². The van der Waals surface area contributed by atoms with E-state index in [0.29, 0.717) is 0 Å². The van der Waals surface area contributed by atoms with Gasteiger partial charge in [-0.25, -0.2) is 0 Å². The highest BCUT2D eigenvalue weighted by Crippen LogP contribution is 2.23. The molecule has 0 aromatic carbocycles. The van der Waals surface area contributed by atoms with Gasteiger partial charge in [-0.2, -0.15) is 0 Å². The average Bonchev–Trinajstić information content (AvgIpc) is 2.16. The fourth-order valence-corrected chi connectivity index (χ4v) is 6.53. The Kier molecular flexibility index (Phi) is 9.28. The van der Waals surface area contributed by atoms with Gasteiger partial charge < -0.3 is 8.85 Å². The molecule has 0 aliphatic heterocycles. The van der Waals surface area contributed by atoms with Gasteiger partial charge in [-0.05, 0) is 19.9 Å². The molecule has 0 saturated heterocycles. The summed E-state index contributed by atoms with van der Waals surface area (Å²) in [5, 5.41) is 0.989. The van der Waals surface area contributed by atoms with E-state index >= 15 is 0 Å². The molecule has 0 amide bonds. The first-order valence-electron chi connectivity index (χ1n) is 5.58. The summed E-state index contributed by atoms with van der Waals surface area (Å²) < 4.78 is 11.8. The Morgan fingerprint density at radius 2 is 1.57 bits per heavy atom. The summed E-state index contributed by atoms with van der Waals surface area (Å²) in [6.07, 6.45) is 2.44. The third-order valence-electron chi connectivity index (χ3n) is 2.20. The van der Waals surface area contributed by atoms with Crippen LogP contribution in [0.25, 0.3) is 0 Å². The Morgan fingerprint density at radius 1 is 1.00 bits per heavy atom. The molecular formula is C10H23BrO2Si. The summed E-state index contributed by atoms with van der Waals surface area (Å²) in [6.45, 7) is 7.89. The molecule has 0 saturated carbocycles. The van der Waals surface area contributed by atoms with E-state index in [1.165, 1.54) is 12.8 Å². The van der Waals surface area contributed by atoms with Crippen molar-refractivity contribution < 1.29 is 8.85 Å². The number of halogens is 1. The lowest BCUT2D eigenvalue weighted by Gasteiger charge is -2.29. The van der Waals surface area contributed by atoms with Gasteiger partial charge in [0.05, 0.1) is 0 Å². The lowest BCUT2D eigenvalue weighted by Crippen LogP contribution is -2.42. The van der Waals surface area contributed by atoms with Gasteiger partial charge in [0.2, 0.25) is 0 Å². The molecule has 0 aliphatic carbocycles. The smallest absolute Gasteiger partial charge is 0.338 e. The lowest BCUT2D eigenvalue weighted by atomic mass is 10.4. The van der Waals surface area contributed by atoms with Crippen LogP contribution < -0.4 is 0 Å². The van der Waals surface area contributed by atoms with E-state index in [9.17, 15) is 0 Å². The van der Waals surface area contributed by atoms with Crippen molar-refractivity contribution in [1.82, 2.24) is 0 Å². The average molecular weight is 283 g/mol. The van der Waals surface area contributed by atoms with Gasteiger partial charge in [-0.3, -0.25) is 0 Å². The van der Waals surface area contributed by atoms with Crippen molar-refractivity contribution in [2.45, 2.75) is 45.7 Å². The maximum atomic E-state index is 5.90. The van der Waals surface area contributed by atoms with Crippen LogP contribution in [-0.4, -0.2) is 27.1 Å². The van der Waals surface area contributed by atoms with Crippen molar-refractivity contribution in [3.05, 3.63) is 0 Å². The molecule has 0 aromatic rings. The normalized spacial score (nSPS) is 12.0. The van der Waals surface area contributed by atoms with Crippen molar-refractivity contribution in [2.24, 2.45) is 0 Å². The molecule has 0 atom stereocenters. The second kappa shape index (κ2) is 8.89. The van der Waals surface area contributed by atoms with Crippen LogP contribution in [0.15, 0.2) is 0 Å². The monoisotopic (exact) mass is 282 g/mol. The van der Waals surface area contributed by atoms with E-state index in [0.717, 1.165) is 30.6 Å². The second-order valence-electron chi connectivity index (χ2n) is 3.32. The van der Waals surface area contributed by atoms with E-state index < -0.39 is 8.56 Å². The van der Waals surface area contributed by atoms with Crippen molar-refractivity contribution in [2.75, 3.05) is 18.5 Å². The number of hydrogen-bond acceptors (Lipinski definition) is 2. The second-order valence-corrected chi connectivity index (χ2v) is 7.51. The Labute approximate surface area is 97.7 Å². The van der Waals surface area contributed by atoms with Crippen LogP contribution in [0.3, 0.4) is 0 Å². The first-order valence-corrected chi connectivity index (χ1v) is 8.93. The number of rotatable bonds is 9. The third-order valence-corrected chi connectivity index (χ3v) is 7.09. The quantitative estimate of drug-likeness (QED) is 0.474. The standard InChI is InChI=1S/C10H23BrO2Si/c1-4-7-9-14(10-8-11,12-5-2)13-6-3/h4-10H2,1-3H3. The van der Waals surface area contributed by atoms with Crippen LogP contribution in [0, 0.1) is 0 Å². The summed E-state index contributed by atoms with van der Waals surface area (Å²) in [4.78, 5) is 0. The van der Waals surface area contributed by atoms with Crippen LogP contribution in [0.1, 0.15) is 33.6 Å². The molecule has 14 heavy (non-hydrogen) atoms. The molecule has 0 aromatic heterocycles. The number of alkyl halides is 1. The maximum Gasteiger partial charge on any atom is 0.338 e. The molecule has 0 bridgehead atoms. The Hall–Kier alpha value is 0.617. The fourth-order valence-electron chi connectivity index (χ4n) is 1.57. The fraction of sp³-hybridized carbons (Fsp3) is 1.00. The first-order chi connectivity index (χ1) is 6.74. The zero-order valence-corrected chi connectivity index (χ0v) is 12.2. The Morgan fingerprint density at radius 3 is 1.93 bits per heavy atom. The van der Waals surface area contributed by atoms with Gasteiger partial charge in [-0.15, -0.1) is 0 Å². The predicted molar refractivity (Wildman–Crippen MR) is 67.3 cm³/mol. The van der Waals surface area contributed by atoms with Crippen molar-refractivity contribution >= 4 is 24.5 Å². The molecule has 0 aliphatic rings. The molecule has 0 spiro atoms. The van der Waals surface area contributed by atoms with Crippen LogP contribution in [0.2, 0.25) is 12.1 Å². The molecule has 0 heterocycles. The van der Waals surface area contributed by atoms with Gasteiger partial charge in [0, 0.05) is 24.6 Å². The Balaban J connectivity index is 4.21. The zero-order valence-electron chi connectivity index (χ0n) is 9.64. The summed E-state index contributed by atoms with van der Waals surface area (Å²) in [7, 11) is -1.86. The van der Waals surface area contributed by atoms with Gasteiger partial charge in [0.1, 0.15) is 0 Å². The highest BCUT2D eigenvalue weighted by atomic mass is 79.9. The maximum absolute atomic E-state index is 5.90. The van der Waals surface area contributed by atoms with E-state index in [1.807, 2.05) is 0 Å². The summed E-state index contributed by atoms with van der Waals surface area (Å²) in [5.41, 5.74) is 0. The molecule has 0 radical (unpaired) electrons. The van der Waals surface area contributed by atoms with Gasteiger partial charge in [0.25, 0.3) is 0 Å². The number of hydrogen-bond donors (Lipinski definition) is 0. The molecule has 2 nitrogen and oxygen atoms in total. The molecule has 0 rings (SSSR count). The minimum absolute atomic E-state index is 0.781. The minimum atomic E-state index is -1.86. The largest absolute Gasteiger partial charge is 0.394 e. The molecule has 0 unspecified atom stereocenters. The Bertz CT molecular complexity index is 116. The van der Waals surface area contributed by atoms with Gasteiger partial charge in [0.15, 0.2) is 0 Å². The summed E-state index contributed by atoms with van der Waals surface area (Å²) in [6, 6.07) is 2.20. The molecule has 4 heteroatoms. The summed E-state index contributed by atoms with van der Waals surface area (Å²) >= 11 is 3.49. The number of unbranched alkanes of at least 4 members (excludes halogenated alkanes) is 1. The van der Waals surface area contributed by atoms with Gasteiger partial charge >= 0.3 is 8.56 Å². The van der Waals surface area contributed by atoms with Crippen LogP contribution in [-0.2, 0) is 8.85 Å². The summed E-state index contributed by atoms with van der Waals surface area (Å²) in [5.74, 6) is 0. The van der Waals surface area contributed by atoms with E-state index in [1.54, 1.807) is 0 Å². The molecule has 0 fully saturated rings. The van der Waals surface area contributed by atoms with E-state index in [-0.39, 0.29) is 0 Å². The van der Waals surface area contributed by atoms with Crippen molar-refractivity contribution in [3.63, 3.8) is 0 Å².